The molecule has 2 amide bonds. The number of carboxylic acids is 1. The van der Waals surface area contributed by atoms with E-state index in [4.69, 9.17) is 5.11 Å². The van der Waals surface area contributed by atoms with Crippen molar-refractivity contribution in [2.45, 2.75) is 38.3 Å². The third-order valence-electron chi connectivity index (χ3n) is 3.08. The van der Waals surface area contributed by atoms with Gasteiger partial charge in [0.2, 0.25) is 0 Å². The number of carbonyl (C=O) groups is 2. The first-order valence-electron chi connectivity index (χ1n) is 5.94. The Labute approximate surface area is 109 Å². The van der Waals surface area contributed by atoms with Gasteiger partial charge >= 0.3 is 12.0 Å². The molecule has 1 aliphatic carbocycles. The van der Waals surface area contributed by atoms with Gasteiger partial charge in [0.1, 0.15) is 6.04 Å². The van der Waals surface area contributed by atoms with Crippen molar-refractivity contribution in [3.63, 3.8) is 0 Å². The van der Waals surface area contributed by atoms with Crippen LogP contribution in [0.4, 0.5) is 4.79 Å². The van der Waals surface area contributed by atoms with Gasteiger partial charge in [0.05, 0.1) is 6.04 Å². The smallest absolute Gasteiger partial charge is 0.325 e. The van der Waals surface area contributed by atoms with Crippen LogP contribution in [0.5, 0.6) is 0 Å². The van der Waals surface area contributed by atoms with Crippen LogP contribution in [0.25, 0.3) is 0 Å². The summed E-state index contributed by atoms with van der Waals surface area (Å²) in [6.45, 7) is 1.44. The summed E-state index contributed by atoms with van der Waals surface area (Å²) in [6, 6.07) is 0.732. The zero-order valence-electron chi connectivity index (χ0n) is 10.1. The first-order valence-corrected chi connectivity index (χ1v) is 6.82. The number of carbonyl (C=O) groups excluding carboxylic acids is 1. The Morgan fingerprint density at radius 3 is 3.06 bits per heavy atom. The Morgan fingerprint density at radius 1 is 1.56 bits per heavy atom. The normalized spacial score (nSPS) is 19.7. The fraction of sp³-hybridized carbons (Fsp3) is 0.500. The highest BCUT2D eigenvalue weighted by atomic mass is 32.1. The summed E-state index contributed by atoms with van der Waals surface area (Å²) in [5.74, 6) is -1.04. The van der Waals surface area contributed by atoms with Crippen molar-refractivity contribution in [3.8, 4) is 0 Å². The van der Waals surface area contributed by atoms with E-state index in [1.807, 2.05) is 11.4 Å². The Morgan fingerprint density at radius 2 is 2.33 bits per heavy atom. The molecule has 2 atom stereocenters. The molecule has 1 aromatic heterocycles. The molecular formula is C12H16N2O3S. The highest BCUT2D eigenvalue weighted by molar-refractivity contribution is 7.10. The minimum atomic E-state index is -1.04. The van der Waals surface area contributed by atoms with E-state index in [0.29, 0.717) is 0 Å². The summed E-state index contributed by atoms with van der Waals surface area (Å²) >= 11 is 1.71. The van der Waals surface area contributed by atoms with E-state index in [9.17, 15) is 9.59 Å². The number of rotatable bonds is 3. The van der Waals surface area contributed by atoms with Crippen LogP contribution < -0.4 is 10.6 Å². The average molecular weight is 268 g/mol. The van der Waals surface area contributed by atoms with Gasteiger partial charge in [0.15, 0.2) is 0 Å². The van der Waals surface area contributed by atoms with Gasteiger partial charge < -0.3 is 15.7 Å². The Hall–Kier alpha value is -1.56. The number of fused-ring (bicyclic) bond motifs is 1. The zero-order chi connectivity index (χ0) is 13.1. The minimum absolute atomic E-state index is 0.000921. The van der Waals surface area contributed by atoms with Crippen molar-refractivity contribution < 1.29 is 14.7 Å². The first kappa shape index (κ1) is 12.9. The van der Waals surface area contributed by atoms with Crippen LogP contribution in [0, 0.1) is 0 Å². The van der Waals surface area contributed by atoms with Crippen molar-refractivity contribution in [2.24, 2.45) is 0 Å². The monoisotopic (exact) mass is 268 g/mol. The fourth-order valence-corrected chi connectivity index (χ4v) is 3.08. The topological polar surface area (TPSA) is 78.4 Å². The Bertz CT molecular complexity index is 458. The number of amides is 2. The highest BCUT2D eigenvalue weighted by Gasteiger charge is 2.23. The van der Waals surface area contributed by atoms with E-state index < -0.39 is 18.0 Å². The van der Waals surface area contributed by atoms with Gasteiger partial charge in [0, 0.05) is 4.88 Å². The summed E-state index contributed by atoms with van der Waals surface area (Å²) in [5, 5.41) is 16.0. The van der Waals surface area contributed by atoms with Gasteiger partial charge in [-0.15, -0.1) is 11.3 Å². The maximum absolute atomic E-state index is 11.7. The third kappa shape index (κ3) is 2.81. The van der Waals surface area contributed by atoms with E-state index >= 15 is 0 Å². The molecule has 0 fully saturated rings. The predicted octanol–water partition coefficient (Wildman–Crippen LogP) is 1.90. The van der Waals surface area contributed by atoms with Crippen molar-refractivity contribution in [1.82, 2.24) is 10.6 Å². The van der Waals surface area contributed by atoms with Crippen LogP contribution in [-0.4, -0.2) is 23.1 Å². The Balaban J connectivity index is 1.95. The molecular weight excluding hydrogens is 252 g/mol. The van der Waals surface area contributed by atoms with Crippen molar-refractivity contribution >= 4 is 23.3 Å². The first-order chi connectivity index (χ1) is 8.58. The second kappa shape index (κ2) is 5.39. The maximum Gasteiger partial charge on any atom is 0.325 e. The van der Waals surface area contributed by atoms with Crippen LogP contribution in [0.15, 0.2) is 11.4 Å². The second-order valence-electron chi connectivity index (χ2n) is 4.42. The molecule has 0 saturated heterocycles. The van der Waals surface area contributed by atoms with Crippen LogP contribution in [0.3, 0.4) is 0 Å². The van der Waals surface area contributed by atoms with Crippen LogP contribution in [0.2, 0.25) is 0 Å². The van der Waals surface area contributed by atoms with E-state index in [2.05, 4.69) is 10.6 Å². The van der Waals surface area contributed by atoms with E-state index in [-0.39, 0.29) is 6.04 Å². The lowest BCUT2D eigenvalue weighted by Gasteiger charge is -2.24. The van der Waals surface area contributed by atoms with Crippen LogP contribution in [-0.2, 0) is 11.2 Å². The lowest BCUT2D eigenvalue weighted by molar-refractivity contribution is -0.138. The van der Waals surface area contributed by atoms with E-state index in [0.717, 1.165) is 19.3 Å². The standard InChI is InChI=1S/C12H16N2O3S/c1-7(11(15)16)13-12(17)14-9-3-2-4-10-8(9)5-6-18-10/h5-7,9H,2-4H2,1H3,(H,15,16)(H2,13,14,17). The lowest BCUT2D eigenvalue weighted by atomic mass is 9.94. The number of nitrogens with one attached hydrogen (secondary N) is 2. The lowest BCUT2D eigenvalue weighted by Crippen LogP contribution is -2.45. The quantitative estimate of drug-likeness (QED) is 0.783. The van der Waals surface area contributed by atoms with Gasteiger partial charge in [0.25, 0.3) is 0 Å². The molecule has 98 valence electrons. The molecule has 0 aliphatic heterocycles. The van der Waals surface area contributed by atoms with Gasteiger partial charge in [-0.05, 0) is 43.2 Å². The number of aliphatic carboxylic acids is 1. The summed E-state index contributed by atoms with van der Waals surface area (Å²) in [5.41, 5.74) is 1.17. The molecule has 5 nitrogen and oxygen atoms in total. The molecule has 0 spiro atoms. The molecule has 1 aromatic rings. The molecule has 0 radical (unpaired) electrons. The minimum Gasteiger partial charge on any atom is -0.480 e. The summed E-state index contributed by atoms with van der Waals surface area (Å²) < 4.78 is 0. The number of aryl methyl sites for hydroxylation is 1. The van der Waals surface area contributed by atoms with E-state index in [1.54, 1.807) is 11.3 Å². The van der Waals surface area contributed by atoms with Crippen molar-refractivity contribution in [1.29, 1.82) is 0 Å². The summed E-state index contributed by atoms with van der Waals surface area (Å²) in [4.78, 5) is 23.6. The summed E-state index contributed by atoms with van der Waals surface area (Å²) in [6.07, 6.45) is 3.02. The second-order valence-corrected chi connectivity index (χ2v) is 5.42. The number of hydrogen-bond acceptors (Lipinski definition) is 3. The molecule has 1 aliphatic rings. The molecule has 6 heteroatoms. The molecule has 3 N–H and O–H groups in total. The predicted molar refractivity (Wildman–Crippen MR) is 68.8 cm³/mol. The van der Waals surface area contributed by atoms with Crippen LogP contribution >= 0.6 is 11.3 Å². The largest absolute Gasteiger partial charge is 0.480 e. The third-order valence-corrected chi connectivity index (χ3v) is 4.07. The number of carboxylic acid groups (broad SMARTS) is 1. The number of hydrogen-bond donors (Lipinski definition) is 3. The SMILES string of the molecule is CC(NC(=O)NC1CCCc2sccc21)C(=O)O. The molecule has 2 rings (SSSR count). The van der Waals surface area contributed by atoms with Crippen LogP contribution in [0.1, 0.15) is 36.2 Å². The average Bonchev–Trinajstić information content (AvgIpc) is 2.77. The molecule has 1 heterocycles. The van der Waals surface area contributed by atoms with Crippen molar-refractivity contribution in [2.75, 3.05) is 0 Å². The molecule has 18 heavy (non-hydrogen) atoms. The van der Waals surface area contributed by atoms with E-state index in [1.165, 1.54) is 17.4 Å². The van der Waals surface area contributed by atoms with Gasteiger partial charge in [-0.25, -0.2) is 4.79 Å². The number of urea groups is 1. The number of thiophene rings is 1. The Kier molecular flexibility index (Phi) is 3.86. The molecule has 0 bridgehead atoms. The zero-order valence-corrected chi connectivity index (χ0v) is 10.9. The fourth-order valence-electron chi connectivity index (χ4n) is 2.09. The molecule has 0 aromatic carbocycles. The highest BCUT2D eigenvalue weighted by Crippen LogP contribution is 2.33. The van der Waals surface area contributed by atoms with Gasteiger partial charge in [-0.2, -0.15) is 0 Å². The summed E-state index contributed by atoms with van der Waals surface area (Å²) in [7, 11) is 0. The van der Waals surface area contributed by atoms with Gasteiger partial charge in [-0.1, -0.05) is 0 Å². The van der Waals surface area contributed by atoms with Gasteiger partial charge in [-0.3, -0.25) is 4.79 Å². The molecule has 0 saturated carbocycles. The molecule has 2 unspecified atom stereocenters. The maximum atomic E-state index is 11.7. The van der Waals surface area contributed by atoms with Crippen molar-refractivity contribution in [3.05, 3.63) is 21.9 Å².